The number of nitrogens with zero attached hydrogens (tertiary/aromatic N) is 1. The van der Waals surface area contributed by atoms with Crippen LogP contribution in [0.2, 0.25) is 0 Å². The van der Waals surface area contributed by atoms with E-state index in [1.165, 1.54) is 28.1 Å². The molecule has 25 heavy (non-hydrogen) atoms. The van der Waals surface area contributed by atoms with Gasteiger partial charge in [0.15, 0.2) is 0 Å². The van der Waals surface area contributed by atoms with Gasteiger partial charge in [0.05, 0.1) is 12.2 Å². The second kappa shape index (κ2) is 9.79. The monoisotopic (exact) mass is 343 g/mol. The van der Waals surface area contributed by atoms with Gasteiger partial charge in [0.2, 0.25) is 0 Å². The zero-order valence-electron chi connectivity index (χ0n) is 16.3. The Hall–Kier alpha value is -1.58. The van der Waals surface area contributed by atoms with Crippen LogP contribution in [0.5, 0.6) is 0 Å². The summed E-state index contributed by atoms with van der Waals surface area (Å²) in [5.74, 6) is 0.701. The largest absolute Gasteiger partial charge is 0.387 e. The molecule has 2 rings (SSSR count). The molecule has 0 amide bonds. The summed E-state index contributed by atoms with van der Waals surface area (Å²) in [6, 6.07) is 13.0. The number of aliphatic hydroxyl groups excluding tert-OH is 1. The van der Waals surface area contributed by atoms with Crippen molar-refractivity contribution >= 4 is 0 Å². The first-order chi connectivity index (χ1) is 12.0. The predicted molar refractivity (Wildman–Crippen MR) is 105 cm³/mol. The fraction of sp³-hybridized carbons (Fsp3) is 0.545. The number of aromatic nitrogens is 1. The maximum atomic E-state index is 10.1. The summed E-state index contributed by atoms with van der Waals surface area (Å²) >= 11 is 0. The van der Waals surface area contributed by atoms with E-state index in [1.54, 1.807) is 0 Å². The van der Waals surface area contributed by atoms with E-state index < -0.39 is 0 Å². The quantitative estimate of drug-likeness (QED) is 0.682. The second-order valence-corrected chi connectivity index (χ2v) is 7.68. The third-order valence-corrected chi connectivity index (χ3v) is 5.03. The Balaban J connectivity index is 2.08. The van der Waals surface area contributed by atoms with Gasteiger partial charge in [-0.2, -0.15) is 0 Å². The van der Waals surface area contributed by atoms with Crippen molar-refractivity contribution in [2.45, 2.75) is 59.7 Å². The van der Waals surface area contributed by atoms with Crippen LogP contribution in [0.25, 0.3) is 0 Å². The molecule has 0 bridgehead atoms. The van der Waals surface area contributed by atoms with Gasteiger partial charge in [-0.3, -0.25) is 0 Å². The average Bonchev–Trinajstić information content (AvgIpc) is 3.01. The zero-order valence-corrected chi connectivity index (χ0v) is 16.3. The fourth-order valence-corrected chi connectivity index (χ4v) is 3.22. The average molecular weight is 344 g/mol. The Kier molecular flexibility index (Phi) is 7.73. The molecule has 1 aromatic carbocycles. The van der Waals surface area contributed by atoms with Crippen LogP contribution in [-0.4, -0.2) is 28.9 Å². The smallest absolute Gasteiger partial charge is 0.118 e. The van der Waals surface area contributed by atoms with E-state index >= 15 is 0 Å². The van der Waals surface area contributed by atoms with Gasteiger partial charge >= 0.3 is 0 Å². The van der Waals surface area contributed by atoms with E-state index in [0.717, 1.165) is 32.6 Å². The van der Waals surface area contributed by atoms with Crippen molar-refractivity contribution in [2.24, 2.45) is 5.92 Å². The normalized spacial score (nSPS) is 14.0. The summed E-state index contributed by atoms with van der Waals surface area (Å²) in [4.78, 5) is 1.48. The lowest BCUT2D eigenvalue weighted by Gasteiger charge is -2.23. The molecule has 1 heterocycles. The highest BCUT2D eigenvalue weighted by atomic mass is 16.3. The van der Waals surface area contributed by atoms with Crippen LogP contribution in [0.4, 0.5) is 0 Å². The van der Waals surface area contributed by atoms with Crippen LogP contribution in [-0.2, 0) is 13.1 Å². The molecule has 138 valence electrons. The van der Waals surface area contributed by atoms with Crippen molar-refractivity contribution in [3.05, 3.63) is 59.4 Å². The number of hydrogen-bond acceptors (Lipinski definition) is 1. The minimum absolute atomic E-state index is 0.207. The van der Waals surface area contributed by atoms with E-state index in [4.69, 9.17) is 0 Å². The summed E-state index contributed by atoms with van der Waals surface area (Å²) in [6.07, 6.45) is 4.00. The highest BCUT2D eigenvalue weighted by molar-refractivity contribution is 5.26. The number of aryl methyl sites for hydroxylation is 1. The Morgan fingerprint density at radius 2 is 1.88 bits per heavy atom. The first kappa shape index (κ1) is 19.7. The molecule has 1 unspecified atom stereocenters. The van der Waals surface area contributed by atoms with E-state index in [9.17, 15) is 5.11 Å². The molecular weight excluding hydrogens is 308 g/mol. The topological polar surface area (TPSA) is 29.6 Å². The molecule has 0 aliphatic heterocycles. The van der Waals surface area contributed by atoms with Gasteiger partial charge in [-0.1, -0.05) is 45.0 Å². The molecule has 2 N–H and O–H groups in total. The van der Waals surface area contributed by atoms with Crippen molar-refractivity contribution in [1.82, 2.24) is 4.57 Å². The van der Waals surface area contributed by atoms with Crippen molar-refractivity contribution < 1.29 is 10.0 Å². The van der Waals surface area contributed by atoms with Gasteiger partial charge in [0, 0.05) is 12.7 Å². The summed E-state index contributed by atoms with van der Waals surface area (Å²) < 4.78 is 2.36. The predicted octanol–water partition coefficient (Wildman–Crippen LogP) is 3.05. The highest BCUT2D eigenvalue weighted by Crippen LogP contribution is 2.11. The third-order valence-electron chi connectivity index (χ3n) is 5.03. The van der Waals surface area contributed by atoms with E-state index in [2.05, 4.69) is 74.9 Å². The summed E-state index contributed by atoms with van der Waals surface area (Å²) in [5.41, 5.74) is 4.06. The Labute approximate surface area is 153 Å². The molecule has 0 saturated carbocycles. The van der Waals surface area contributed by atoms with Gasteiger partial charge < -0.3 is 14.6 Å². The van der Waals surface area contributed by atoms with Crippen LogP contribution in [0.1, 0.15) is 50.4 Å². The lowest BCUT2D eigenvalue weighted by molar-refractivity contribution is -0.917. The molecule has 0 radical (unpaired) electrons. The first-order valence-electron chi connectivity index (χ1n) is 9.69. The number of benzene rings is 1. The molecule has 2 atom stereocenters. The lowest BCUT2D eigenvalue weighted by Crippen LogP contribution is -3.12. The maximum Gasteiger partial charge on any atom is 0.118 e. The molecule has 0 aliphatic carbocycles. The van der Waals surface area contributed by atoms with Crippen molar-refractivity contribution in [3.63, 3.8) is 0 Å². The van der Waals surface area contributed by atoms with Crippen LogP contribution >= 0.6 is 0 Å². The molecule has 0 aliphatic rings. The Morgan fingerprint density at radius 3 is 2.56 bits per heavy atom. The Morgan fingerprint density at radius 1 is 1.12 bits per heavy atom. The second-order valence-electron chi connectivity index (χ2n) is 7.68. The molecular formula is C22H35N2O+. The maximum absolute atomic E-state index is 10.1. The molecule has 3 nitrogen and oxygen atoms in total. The van der Waals surface area contributed by atoms with E-state index in [0.29, 0.717) is 5.92 Å². The SMILES string of the molecule is CC[C@@H](O)C[NH+](CCC(C)C)Cc1cccn1Cc1ccccc1C. The van der Waals surface area contributed by atoms with Gasteiger partial charge in [-0.15, -0.1) is 0 Å². The molecule has 0 spiro atoms. The van der Waals surface area contributed by atoms with Gasteiger partial charge in [0.25, 0.3) is 0 Å². The van der Waals surface area contributed by atoms with Gasteiger partial charge in [0.1, 0.15) is 19.2 Å². The van der Waals surface area contributed by atoms with Crippen LogP contribution in [0, 0.1) is 12.8 Å². The summed E-state index contributed by atoms with van der Waals surface area (Å²) in [6.45, 7) is 12.6. The third kappa shape index (κ3) is 6.33. The molecule has 0 saturated heterocycles. The number of nitrogens with one attached hydrogen (secondary N) is 1. The van der Waals surface area contributed by atoms with Crippen molar-refractivity contribution in [1.29, 1.82) is 0 Å². The van der Waals surface area contributed by atoms with E-state index in [-0.39, 0.29) is 6.10 Å². The summed E-state index contributed by atoms with van der Waals surface area (Å²) in [5, 5.41) is 10.1. The number of aliphatic hydroxyl groups is 1. The number of quaternary nitrogens is 1. The minimum atomic E-state index is -0.207. The first-order valence-corrected chi connectivity index (χ1v) is 9.69. The number of hydrogen-bond donors (Lipinski definition) is 2. The molecule has 1 aromatic heterocycles. The fourth-order valence-electron chi connectivity index (χ4n) is 3.22. The summed E-state index contributed by atoms with van der Waals surface area (Å²) in [7, 11) is 0. The highest BCUT2D eigenvalue weighted by Gasteiger charge is 2.17. The molecule has 0 fully saturated rings. The standard InChI is InChI=1S/C22H34N2O/c1-5-22(25)17-23(14-12-18(2)3)16-21-11-8-13-24(21)15-20-10-7-6-9-19(20)4/h6-11,13,18,22,25H,5,12,14-17H2,1-4H3/p+1/t22-/m1/s1. The van der Waals surface area contributed by atoms with E-state index in [1.807, 2.05) is 0 Å². The number of rotatable bonds is 10. The molecule has 3 heteroatoms. The van der Waals surface area contributed by atoms with Crippen LogP contribution in [0.15, 0.2) is 42.6 Å². The van der Waals surface area contributed by atoms with Crippen molar-refractivity contribution in [3.8, 4) is 0 Å². The van der Waals surface area contributed by atoms with Crippen LogP contribution < -0.4 is 4.90 Å². The zero-order chi connectivity index (χ0) is 18.2. The Bertz CT molecular complexity index is 632. The van der Waals surface area contributed by atoms with Crippen molar-refractivity contribution in [2.75, 3.05) is 13.1 Å². The van der Waals surface area contributed by atoms with Crippen LogP contribution in [0.3, 0.4) is 0 Å². The van der Waals surface area contributed by atoms with Gasteiger partial charge in [-0.05, 0) is 48.9 Å². The van der Waals surface area contributed by atoms with Gasteiger partial charge in [-0.25, -0.2) is 0 Å². The molecule has 2 aromatic rings. The lowest BCUT2D eigenvalue weighted by atomic mass is 10.1. The minimum Gasteiger partial charge on any atom is -0.387 e.